The first kappa shape index (κ1) is 11.2. The zero-order valence-corrected chi connectivity index (χ0v) is 8.33. The molecule has 4 nitrogen and oxygen atoms in total. The molecule has 1 unspecified atom stereocenters. The molecule has 0 spiro atoms. The Morgan fingerprint density at radius 2 is 2.18 bits per heavy atom. The molecule has 0 aromatic carbocycles. The molecule has 0 heterocycles. The van der Waals surface area contributed by atoms with Gasteiger partial charge in [0.25, 0.3) is 10.2 Å². The van der Waals surface area contributed by atoms with Crippen LogP contribution < -0.4 is 9.86 Å². The van der Waals surface area contributed by atoms with Crippen molar-refractivity contribution >= 4 is 22.0 Å². The Balaban J connectivity index is 3.43. The van der Waals surface area contributed by atoms with E-state index in [1.54, 1.807) is 11.8 Å². The van der Waals surface area contributed by atoms with Crippen LogP contribution in [-0.4, -0.2) is 26.5 Å². The monoisotopic (exact) mass is 198 g/mol. The van der Waals surface area contributed by atoms with Gasteiger partial charge in [0.05, 0.1) is 0 Å². The van der Waals surface area contributed by atoms with Gasteiger partial charge in [-0.2, -0.15) is 20.2 Å². The number of rotatable bonds is 5. The van der Waals surface area contributed by atoms with Crippen LogP contribution in [0.15, 0.2) is 0 Å². The van der Waals surface area contributed by atoms with E-state index in [4.69, 9.17) is 5.14 Å². The van der Waals surface area contributed by atoms with Crippen molar-refractivity contribution in [2.45, 2.75) is 18.6 Å². The van der Waals surface area contributed by atoms with Gasteiger partial charge in [0.1, 0.15) is 0 Å². The van der Waals surface area contributed by atoms with E-state index in [0.717, 1.165) is 6.42 Å². The first-order valence-corrected chi connectivity index (χ1v) is 6.09. The lowest BCUT2D eigenvalue weighted by Crippen LogP contribution is -2.32. The molecule has 3 N–H and O–H groups in total. The zero-order valence-electron chi connectivity index (χ0n) is 6.70. The van der Waals surface area contributed by atoms with Gasteiger partial charge < -0.3 is 0 Å². The van der Waals surface area contributed by atoms with E-state index >= 15 is 0 Å². The molecule has 68 valence electrons. The third-order valence-electron chi connectivity index (χ3n) is 1.26. The second-order valence-electron chi connectivity index (χ2n) is 2.27. The number of nitrogens with one attached hydrogen (secondary N) is 1. The molecule has 0 bridgehead atoms. The van der Waals surface area contributed by atoms with Crippen LogP contribution in [0.1, 0.15) is 13.3 Å². The van der Waals surface area contributed by atoms with Crippen LogP contribution in [0.25, 0.3) is 0 Å². The lowest BCUT2D eigenvalue weighted by Gasteiger charge is -2.06. The maximum absolute atomic E-state index is 10.4. The summed E-state index contributed by atoms with van der Waals surface area (Å²) < 4.78 is 22.9. The fourth-order valence-corrected chi connectivity index (χ4v) is 1.28. The predicted octanol–water partition coefficient (Wildman–Crippen LogP) is -0.0789. The summed E-state index contributed by atoms with van der Waals surface area (Å²) in [4.78, 5) is 0. The van der Waals surface area contributed by atoms with Crippen LogP contribution >= 0.6 is 11.8 Å². The summed E-state index contributed by atoms with van der Waals surface area (Å²) in [6.45, 7) is 2.45. The van der Waals surface area contributed by atoms with E-state index in [9.17, 15) is 8.42 Å². The molecule has 0 saturated carbocycles. The maximum Gasteiger partial charge on any atom is 0.274 e. The quantitative estimate of drug-likeness (QED) is 0.649. The molecule has 0 aliphatic heterocycles. The first-order valence-electron chi connectivity index (χ1n) is 3.26. The van der Waals surface area contributed by atoms with Crippen molar-refractivity contribution in [3.8, 4) is 0 Å². The molecular weight excluding hydrogens is 184 g/mol. The summed E-state index contributed by atoms with van der Waals surface area (Å²) in [7, 11) is -3.49. The molecule has 0 radical (unpaired) electrons. The van der Waals surface area contributed by atoms with E-state index in [-0.39, 0.29) is 0 Å². The van der Waals surface area contributed by atoms with Crippen molar-refractivity contribution in [3.05, 3.63) is 0 Å². The summed E-state index contributed by atoms with van der Waals surface area (Å²) in [5, 5.41) is 5.18. The second-order valence-corrected chi connectivity index (χ2v) is 4.93. The summed E-state index contributed by atoms with van der Waals surface area (Å²) in [5.74, 6) is 0. The molecule has 0 aliphatic rings. The van der Waals surface area contributed by atoms with E-state index < -0.39 is 10.2 Å². The molecule has 1 atom stereocenters. The van der Waals surface area contributed by atoms with Gasteiger partial charge in [-0.3, -0.25) is 0 Å². The van der Waals surface area contributed by atoms with Gasteiger partial charge in [-0.1, -0.05) is 6.92 Å². The van der Waals surface area contributed by atoms with Gasteiger partial charge in [-0.15, -0.1) is 0 Å². The number of hydrogen-bond donors (Lipinski definition) is 2. The fraction of sp³-hybridized carbons (Fsp3) is 1.00. The van der Waals surface area contributed by atoms with Crippen LogP contribution in [0.5, 0.6) is 0 Å². The maximum atomic E-state index is 10.4. The highest BCUT2D eigenvalue weighted by atomic mass is 32.2. The summed E-state index contributed by atoms with van der Waals surface area (Å²) in [6, 6.07) is 0. The van der Waals surface area contributed by atoms with Gasteiger partial charge >= 0.3 is 0 Å². The van der Waals surface area contributed by atoms with Crippen molar-refractivity contribution in [2.75, 3.05) is 12.8 Å². The van der Waals surface area contributed by atoms with Crippen molar-refractivity contribution in [1.29, 1.82) is 0 Å². The van der Waals surface area contributed by atoms with Gasteiger partial charge in [0.2, 0.25) is 0 Å². The van der Waals surface area contributed by atoms with Crippen molar-refractivity contribution in [1.82, 2.24) is 4.72 Å². The smallest absolute Gasteiger partial charge is 0.216 e. The van der Waals surface area contributed by atoms with Gasteiger partial charge in [-0.05, 0) is 12.7 Å². The average Bonchev–Trinajstić information content (AvgIpc) is 1.85. The first-order chi connectivity index (χ1) is 4.95. The van der Waals surface area contributed by atoms with Crippen molar-refractivity contribution in [2.24, 2.45) is 5.14 Å². The van der Waals surface area contributed by atoms with Crippen LogP contribution in [0, 0.1) is 0 Å². The van der Waals surface area contributed by atoms with Gasteiger partial charge in [-0.25, -0.2) is 9.86 Å². The minimum absolute atomic E-state index is 0.418. The van der Waals surface area contributed by atoms with E-state index in [2.05, 4.69) is 4.72 Å². The molecule has 0 aromatic heterocycles. The van der Waals surface area contributed by atoms with Gasteiger partial charge in [0, 0.05) is 11.8 Å². The van der Waals surface area contributed by atoms with Gasteiger partial charge in [0.15, 0.2) is 0 Å². The largest absolute Gasteiger partial charge is 0.274 e. The minimum Gasteiger partial charge on any atom is -0.216 e. The Kier molecular flexibility index (Phi) is 5.07. The molecule has 0 aliphatic carbocycles. The zero-order chi connectivity index (χ0) is 8.91. The summed E-state index contributed by atoms with van der Waals surface area (Å²) in [6.07, 6.45) is 2.79. The molecule has 11 heavy (non-hydrogen) atoms. The van der Waals surface area contributed by atoms with E-state index in [1.165, 1.54) is 0 Å². The Bertz CT molecular complexity index is 191. The van der Waals surface area contributed by atoms with Crippen molar-refractivity contribution in [3.63, 3.8) is 0 Å². The number of nitrogens with two attached hydrogens (primary N) is 1. The third-order valence-corrected chi connectivity index (χ3v) is 2.90. The number of thioether (sulfide) groups is 1. The van der Waals surface area contributed by atoms with Crippen LogP contribution in [0.4, 0.5) is 0 Å². The minimum atomic E-state index is -3.49. The Hall–Kier alpha value is 0.220. The van der Waals surface area contributed by atoms with Crippen LogP contribution in [0.2, 0.25) is 0 Å². The fourth-order valence-electron chi connectivity index (χ4n) is 0.522. The standard InChI is InChI=1S/C5H14N2O2S2/c1-5(10-2)3-4-7-11(6,8)9/h5,7H,3-4H2,1-2H3,(H2,6,8,9). The van der Waals surface area contributed by atoms with Crippen LogP contribution in [-0.2, 0) is 10.2 Å². The van der Waals surface area contributed by atoms with Crippen molar-refractivity contribution < 1.29 is 8.42 Å². The summed E-state index contributed by atoms with van der Waals surface area (Å²) >= 11 is 1.70. The van der Waals surface area contributed by atoms with E-state index in [1.807, 2.05) is 13.2 Å². The average molecular weight is 198 g/mol. The Morgan fingerprint density at radius 1 is 1.64 bits per heavy atom. The van der Waals surface area contributed by atoms with Crippen LogP contribution in [0.3, 0.4) is 0 Å². The number of hydrogen-bond acceptors (Lipinski definition) is 3. The highest BCUT2D eigenvalue weighted by Crippen LogP contribution is 2.07. The SMILES string of the molecule is CSC(C)CCNS(N)(=O)=O. The predicted molar refractivity (Wildman–Crippen MR) is 48.7 cm³/mol. The summed E-state index contributed by atoms with van der Waals surface area (Å²) in [5.41, 5.74) is 0. The lowest BCUT2D eigenvalue weighted by atomic mass is 10.3. The highest BCUT2D eigenvalue weighted by molar-refractivity contribution is 7.99. The molecule has 0 fully saturated rings. The highest BCUT2D eigenvalue weighted by Gasteiger charge is 2.02. The molecule has 0 rings (SSSR count). The lowest BCUT2D eigenvalue weighted by molar-refractivity contribution is 0.581. The Labute approximate surface area is 72.1 Å². The molecule has 0 amide bonds. The molecule has 0 saturated heterocycles. The Morgan fingerprint density at radius 3 is 2.55 bits per heavy atom. The van der Waals surface area contributed by atoms with E-state index in [0.29, 0.717) is 11.8 Å². The normalized spacial score (nSPS) is 14.8. The second kappa shape index (κ2) is 4.97. The molecule has 0 aromatic rings. The topological polar surface area (TPSA) is 72.2 Å². The molecular formula is C5H14N2O2S2. The third kappa shape index (κ3) is 8.12. The molecule has 6 heteroatoms.